The lowest BCUT2D eigenvalue weighted by atomic mass is 9.99. The SMILES string of the molecule is COC1=CCC(CN2CC(C(C)O)CC2=O)C=C1. The van der Waals surface area contributed by atoms with Crippen LogP contribution < -0.4 is 0 Å². The van der Waals surface area contributed by atoms with Gasteiger partial charge in [0.25, 0.3) is 0 Å². The van der Waals surface area contributed by atoms with E-state index in [-0.39, 0.29) is 11.8 Å². The molecule has 1 saturated heterocycles. The highest BCUT2D eigenvalue weighted by Crippen LogP contribution is 2.24. The van der Waals surface area contributed by atoms with Gasteiger partial charge >= 0.3 is 0 Å². The number of allylic oxidation sites excluding steroid dienone is 2. The quantitative estimate of drug-likeness (QED) is 0.820. The van der Waals surface area contributed by atoms with Crippen molar-refractivity contribution in [3.8, 4) is 0 Å². The maximum atomic E-state index is 11.8. The van der Waals surface area contributed by atoms with Crippen molar-refractivity contribution in [2.24, 2.45) is 11.8 Å². The van der Waals surface area contributed by atoms with Crippen LogP contribution in [0.1, 0.15) is 19.8 Å². The van der Waals surface area contributed by atoms with Gasteiger partial charge in [-0.15, -0.1) is 0 Å². The van der Waals surface area contributed by atoms with Gasteiger partial charge in [0.2, 0.25) is 5.91 Å². The molecule has 0 aromatic rings. The highest BCUT2D eigenvalue weighted by Gasteiger charge is 2.33. The largest absolute Gasteiger partial charge is 0.497 e. The monoisotopic (exact) mass is 251 g/mol. The topological polar surface area (TPSA) is 49.8 Å². The Morgan fingerprint density at radius 2 is 2.39 bits per heavy atom. The van der Waals surface area contributed by atoms with Crippen molar-refractivity contribution in [3.05, 3.63) is 24.0 Å². The molecule has 2 rings (SSSR count). The number of carbonyl (C=O) groups is 1. The first-order valence-corrected chi connectivity index (χ1v) is 6.48. The number of methoxy groups -OCH3 is 1. The Balaban J connectivity index is 1.87. The maximum absolute atomic E-state index is 11.8. The van der Waals surface area contributed by atoms with Gasteiger partial charge in [0, 0.05) is 25.4 Å². The summed E-state index contributed by atoms with van der Waals surface area (Å²) in [5, 5.41) is 9.54. The molecule has 1 heterocycles. The number of hydrogen-bond donors (Lipinski definition) is 1. The molecule has 0 aromatic heterocycles. The first-order chi connectivity index (χ1) is 8.60. The van der Waals surface area contributed by atoms with E-state index in [0.717, 1.165) is 18.7 Å². The van der Waals surface area contributed by atoms with Crippen LogP contribution in [0.4, 0.5) is 0 Å². The molecule has 0 spiro atoms. The van der Waals surface area contributed by atoms with Gasteiger partial charge in [-0.05, 0) is 31.4 Å². The number of ether oxygens (including phenoxy) is 1. The average Bonchev–Trinajstić information content (AvgIpc) is 2.72. The molecule has 0 bridgehead atoms. The van der Waals surface area contributed by atoms with Gasteiger partial charge in [-0.2, -0.15) is 0 Å². The minimum absolute atomic E-state index is 0.0927. The molecular formula is C14H21NO3. The second-order valence-electron chi connectivity index (χ2n) is 5.17. The van der Waals surface area contributed by atoms with Gasteiger partial charge < -0.3 is 14.7 Å². The fraction of sp³-hybridized carbons (Fsp3) is 0.643. The zero-order valence-electron chi connectivity index (χ0n) is 11.0. The number of carbonyl (C=O) groups excluding carboxylic acids is 1. The lowest BCUT2D eigenvalue weighted by Gasteiger charge is -2.23. The number of likely N-dealkylation sites (tertiary alicyclic amines) is 1. The second-order valence-corrected chi connectivity index (χ2v) is 5.17. The summed E-state index contributed by atoms with van der Waals surface area (Å²) in [6, 6.07) is 0. The molecule has 2 aliphatic rings. The van der Waals surface area contributed by atoms with E-state index >= 15 is 0 Å². The number of aliphatic hydroxyl groups excluding tert-OH is 1. The van der Waals surface area contributed by atoms with Gasteiger partial charge in [-0.1, -0.05) is 6.08 Å². The van der Waals surface area contributed by atoms with Gasteiger partial charge in [0.15, 0.2) is 0 Å². The van der Waals surface area contributed by atoms with Crippen LogP contribution in [0.25, 0.3) is 0 Å². The molecule has 100 valence electrons. The molecule has 3 unspecified atom stereocenters. The third-order valence-electron chi connectivity index (χ3n) is 3.77. The number of aliphatic hydroxyl groups is 1. The Bertz CT molecular complexity index is 373. The van der Waals surface area contributed by atoms with E-state index in [1.165, 1.54) is 0 Å². The Kier molecular flexibility index (Phi) is 4.07. The zero-order valence-corrected chi connectivity index (χ0v) is 11.0. The van der Waals surface area contributed by atoms with Crippen molar-refractivity contribution >= 4 is 5.91 Å². The molecule has 0 saturated carbocycles. The van der Waals surface area contributed by atoms with Crippen molar-refractivity contribution in [1.29, 1.82) is 0 Å². The highest BCUT2D eigenvalue weighted by atomic mass is 16.5. The van der Waals surface area contributed by atoms with Crippen LogP contribution in [0.2, 0.25) is 0 Å². The van der Waals surface area contributed by atoms with Crippen molar-refractivity contribution in [2.75, 3.05) is 20.2 Å². The van der Waals surface area contributed by atoms with Gasteiger partial charge in [-0.3, -0.25) is 4.79 Å². The predicted octanol–water partition coefficient (Wildman–Crippen LogP) is 1.32. The van der Waals surface area contributed by atoms with Crippen LogP contribution >= 0.6 is 0 Å². The van der Waals surface area contributed by atoms with Crippen LogP contribution in [0.15, 0.2) is 24.0 Å². The summed E-state index contributed by atoms with van der Waals surface area (Å²) < 4.78 is 5.14. The molecule has 0 aromatic carbocycles. The summed E-state index contributed by atoms with van der Waals surface area (Å²) in [6.07, 6.45) is 7.09. The number of rotatable bonds is 4. The lowest BCUT2D eigenvalue weighted by molar-refractivity contribution is -0.128. The Hall–Kier alpha value is -1.29. The zero-order chi connectivity index (χ0) is 13.1. The summed E-state index contributed by atoms with van der Waals surface area (Å²) in [5.41, 5.74) is 0. The van der Waals surface area contributed by atoms with Crippen molar-refractivity contribution < 1.29 is 14.6 Å². The smallest absolute Gasteiger partial charge is 0.223 e. The van der Waals surface area contributed by atoms with Crippen LogP contribution in [-0.2, 0) is 9.53 Å². The van der Waals surface area contributed by atoms with Crippen molar-refractivity contribution in [3.63, 3.8) is 0 Å². The third kappa shape index (κ3) is 2.93. The summed E-state index contributed by atoms with van der Waals surface area (Å²) in [4.78, 5) is 13.7. The van der Waals surface area contributed by atoms with E-state index in [2.05, 4.69) is 12.2 Å². The van der Waals surface area contributed by atoms with Crippen LogP contribution in [0.3, 0.4) is 0 Å². The molecule has 1 amide bonds. The van der Waals surface area contributed by atoms with Gasteiger partial charge in [0.1, 0.15) is 5.76 Å². The molecule has 1 N–H and O–H groups in total. The Labute approximate surface area is 108 Å². The highest BCUT2D eigenvalue weighted by molar-refractivity contribution is 5.78. The van der Waals surface area contributed by atoms with E-state index in [0.29, 0.717) is 18.9 Å². The Morgan fingerprint density at radius 1 is 1.61 bits per heavy atom. The van der Waals surface area contributed by atoms with Crippen LogP contribution in [0.5, 0.6) is 0 Å². The number of amides is 1. The van der Waals surface area contributed by atoms with Crippen LogP contribution in [0, 0.1) is 11.8 Å². The number of nitrogens with zero attached hydrogens (tertiary/aromatic N) is 1. The van der Waals surface area contributed by atoms with Gasteiger partial charge in [0.05, 0.1) is 13.2 Å². The van der Waals surface area contributed by atoms with Crippen LogP contribution in [-0.4, -0.2) is 42.2 Å². The fourth-order valence-corrected chi connectivity index (χ4v) is 2.52. The standard InChI is InChI=1S/C14H21NO3/c1-10(16)12-7-14(17)15(9-12)8-11-3-5-13(18-2)6-4-11/h3,5-6,10-12,16H,4,7-9H2,1-2H3. The van der Waals surface area contributed by atoms with E-state index in [1.54, 1.807) is 14.0 Å². The van der Waals surface area contributed by atoms with Crippen molar-refractivity contribution in [2.45, 2.75) is 25.9 Å². The minimum atomic E-state index is -0.402. The Morgan fingerprint density at radius 3 is 2.89 bits per heavy atom. The maximum Gasteiger partial charge on any atom is 0.223 e. The van der Waals surface area contributed by atoms with Gasteiger partial charge in [-0.25, -0.2) is 0 Å². The van der Waals surface area contributed by atoms with E-state index in [1.807, 2.05) is 11.0 Å². The summed E-state index contributed by atoms with van der Waals surface area (Å²) in [7, 11) is 1.66. The molecule has 18 heavy (non-hydrogen) atoms. The number of hydrogen-bond acceptors (Lipinski definition) is 3. The molecule has 4 heteroatoms. The second kappa shape index (κ2) is 5.57. The molecule has 3 atom stereocenters. The molecule has 1 fully saturated rings. The fourth-order valence-electron chi connectivity index (χ4n) is 2.52. The lowest BCUT2D eigenvalue weighted by Crippen LogP contribution is -2.31. The molecule has 1 aliphatic carbocycles. The normalized spacial score (nSPS) is 29.4. The average molecular weight is 251 g/mol. The molecule has 4 nitrogen and oxygen atoms in total. The molecule has 1 aliphatic heterocycles. The first kappa shape index (κ1) is 13.1. The summed E-state index contributed by atoms with van der Waals surface area (Å²) in [6.45, 7) is 3.18. The van der Waals surface area contributed by atoms with E-state index < -0.39 is 6.10 Å². The molecular weight excluding hydrogens is 230 g/mol. The molecule has 0 radical (unpaired) electrons. The first-order valence-electron chi connectivity index (χ1n) is 6.48. The minimum Gasteiger partial charge on any atom is -0.497 e. The van der Waals surface area contributed by atoms with E-state index in [4.69, 9.17) is 4.74 Å². The van der Waals surface area contributed by atoms with Crippen molar-refractivity contribution in [1.82, 2.24) is 4.90 Å². The van der Waals surface area contributed by atoms with E-state index in [9.17, 15) is 9.90 Å². The third-order valence-corrected chi connectivity index (χ3v) is 3.77. The summed E-state index contributed by atoms with van der Waals surface area (Å²) in [5.74, 6) is 1.51. The summed E-state index contributed by atoms with van der Waals surface area (Å²) >= 11 is 0. The predicted molar refractivity (Wildman–Crippen MR) is 68.7 cm³/mol.